The molecule has 0 unspecified atom stereocenters. The van der Waals surface area contributed by atoms with E-state index in [0.717, 1.165) is 39.3 Å². The number of hydrogen-bond acceptors (Lipinski definition) is 5. The molecule has 0 saturated heterocycles. The number of halogens is 2. The van der Waals surface area contributed by atoms with Crippen LogP contribution in [-0.4, -0.2) is 25.0 Å². The molecule has 0 saturated carbocycles. The summed E-state index contributed by atoms with van der Waals surface area (Å²) in [5, 5.41) is 9.83. The van der Waals surface area contributed by atoms with Crippen molar-refractivity contribution in [2.45, 2.75) is 0 Å². The summed E-state index contributed by atoms with van der Waals surface area (Å²) < 4.78 is 8.01. The molecule has 0 aliphatic carbocycles. The molecule has 3 aromatic heterocycles. The lowest BCUT2D eigenvalue weighted by atomic mass is 10.1. The Morgan fingerprint density at radius 3 is 2.03 bits per heavy atom. The highest BCUT2D eigenvalue weighted by molar-refractivity contribution is 6.31. The summed E-state index contributed by atoms with van der Waals surface area (Å²) in [5.74, 6) is 1.16. The van der Waals surface area contributed by atoms with E-state index in [1.54, 1.807) is 17.1 Å². The van der Waals surface area contributed by atoms with Gasteiger partial charge in [-0.25, -0.2) is 9.67 Å². The molecule has 3 aromatic carbocycles. The summed E-state index contributed by atoms with van der Waals surface area (Å²) in [6.45, 7) is 0. The molecular formula is C28H17Cl2N5O. The second kappa shape index (κ2) is 9.41. The quantitative estimate of drug-likeness (QED) is 0.239. The Labute approximate surface area is 216 Å². The molecule has 0 amide bonds. The average Bonchev–Trinajstić information content (AvgIpc) is 3.59. The highest BCUT2D eigenvalue weighted by Crippen LogP contribution is 2.37. The highest BCUT2D eigenvalue weighted by Gasteiger charge is 2.18. The molecule has 0 fully saturated rings. The molecule has 0 bridgehead atoms. The minimum atomic E-state index is 0.506. The smallest absolute Gasteiger partial charge is 0.227 e. The van der Waals surface area contributed by atoms with Gasteiger partial charge < -0.3 is 4.42 Å². The van der Waals surface area contributed by atoms with Crippen LogP contribution in [-0.2, 0) is 0 Å². The number of rotatable bonds is 5. The van der Waals surface area contributed by atoms with Gasteiger partial charge in [0, 0.05) is 44.7 Å². The van der Waals surface area contributed by atoms with Gasteiger partial charge in [-0.15, -0.1) is 5.10 Å². The third-order valence-corrected chi connectivity index (χ3v) is 6.18. The van der Waals surface area contributed by atoms with E-state index in [9.17, 15) is 0 Å². The molecule has 0 aliphatic rings. The van der Waals surface area contributed by atoms with Crippen LogP contribution in [0.4, 0.5) is 0 Å². The Hall–Kier alpha value is -4.26. The Bertz CT molecular complexity index is 1560. The van der Waals surface area contributed by atoms with Gasteiger partial charge in [-0.1, -0.05) is 40.5 Å². The van der Waals surface area contributed by atoms with E-state index < -0.39 is 0 Å². The number of oxazole rings is 1. The first-order valence-electron chi connectivity index (χ1n) is 11.1. The van der Waals surface area contributed by atoms with Crippen molar-refractivity contribution in [1.29, 1.82) is 0 Å². The van der Waals surface area contributed by atoms with Gasteiger partial charge in [0.2, 0.25) is 5.89 Å². The molecule has 36 heavy (non-hydrogen) atoms. The maximum Gasteiger partial charge on any atom is 0.227 e. The van der Waals surface area contributed by atoms with Crippen LogP contribution >= 0.6 is 23.2 Å². The molecule has 0 aliphatic heterocycles. The van der Waals surface area contributed by atoms with Crippen molar-refractivity contribution in [3.63, 3.8) is 0 Å². The molecule has 3 heterocycles. The summed E-state index contributed by atoms with van der Waals surface area (Å²) in [7, 11) is 0. The van der Waals surface area contributed by atoms with Crippen LogP contribution in [0.3, 0.4) is 0 Å². The standard InChI is InChI=1S/C28H17Cl2N5O/c29-22-9-3-18(4-10-22)26-27(19-5-11-23(30)12-6-19)36-28(32-26)20-7-13-24(14-8-20)35-17-25(33-34-35)21-2-1-15-31-16-21/h1-17H. The van der Waals surface area contributed by atoms with Crippen molar-refractivity contribution in [3.8, 4) is 51.0 Å². The fourth-order valence-electron chi connectivity index (χ4n) is 3.84. The Balaban J connectivity index is 1.36. The van der Waals surface area contributed by atoms with Crippen LogP contribution in [0.2, 0.25) is 10.0 Å². The maximum absolute atomic E-state index is 6.29. The lowest BCUT2D eigenvalue weighted by Crippen LogP contribution is -1.94. The van der Waals surface area contributed by atoms with E-state index in [0.29, 0.717) is 21.7 Å². The zero-order chi connectivity index (χ0) is 24.5. The Morgan fingerprint density at radius 2 is 1.36 bits per heavy atom. The Morgan fingerprint density at radius 1 is 0.694 bits per heavy atom. The number of pyridine rings is 1. The molecule has 6 rings (SSSR count). The third kappa shape index (κ3) is 4.40. The van der Waals surface area contributed by atoms with Gasteiger partial charge in [0.05, 0.1) is 11.9 Å². The summed E-state index contributed by atoms with van der Waals surface area (Å²) in [6.07, 6.45) is 5.36. The zero-order valence-electron chi connectivity index (χ0n) is 18.7. The second-order valence-corrected chi connectivity index (χ2v) is 8.92. The fraction of sp³-hybridized carbons (Fsp3) is 0. The summed E-state index contributed by atoms with van der Waals surface area (Å²) in [5.41, 5.74) is 5.87. The molecule has 174 valence electrons. The monoisotopic (exact) mass is 509 g/mol. The first-order chi connectivity index (χ1) is 17.6. The molecule has 0 N–H and O–H groups in total. The summed E-state index contributed by atoms with van der Waals surface area (Å²) in [4.78, 5) is 8.98. The van der Waals surface area contributed by atoms with Crippen molar-refractivity contribution in [2.75, 3.05) is 0 Å². The largest absolute Gasteiger partial charge is 0.435 e. The summed E-state index contributed by atoms with van der Waals surface area (Å²) >= 11 is 12.2. The second-order valence-electron chi connectivity index (χ2n) is 8.05. The van der Waals surface area contributed by atoms with Gasteiger partial charge >= 0.3 is 0 Å². The number of benzene rings is 3. The van der Waals surface area contributed by atoms with Gasteiger partial charge in [0.1, 0.15) is 11.4 Å². The fourth-order valence-corrected chi connectivity index (χ4v) is 4.09. The van der Waals surface area contributed by atoms with Crippen molar-refractivity contribution >= 4 is 23.2 Å². The topological polar surface area (TPSA) is 69.6 Å². The molecule has 8 heteroatoms. The normalized spacial score (nSPS) is 11.1. The van der Waals surface area contributed by atoms with Gasteiger partial charge in [-0.2, -0.15) is 0 Å². The molecule has 0 spiro atoms. The number of hydrogen-bond donors (Lipinski definition) is 0. The minimum absolute atomic E-state index is 0.506. The highest BCUT2D eigenvalue weighted by atomic mass is 35.5. The Kier molecular flexibility index (Phi) is 5.81. The van der Waals surface area contributed by atoms with Crippen LogP contribution in [0.25, 0.3) is 51.0 Å². The van der Waals surface area contributed by atoms with Crippen molar-refractivity contribution < 1.29 is 4.42 Å². The molecule has 6 aromatic rings. The molecule has 0 radical (unpaired) electrons. The van der Waals surface area contributed by atoms with E-state index in [2.05, 4.69) is 15.3 Å². The van der Waals surface area contributed by atoms with Crippen LogP contribution < -0.4 is 0 Å². The van der Waals surface area contributed by atoms with E-state index in [1.807, 2.05) is 91.1 Å². The number of nitrogens with zero attached hydrogens (tertiary/aromatic N) is 5. The van der Waals surface area contributed by atoms with Crippen LogP contribution in [0.1, 0.15) is 0 Å². The molecular weight excluding hydrogens is 493 g/mol. The zero-order valence-corrected chi connectivity index (χ0v) is 20.2. The maximum atomic E-state index is 6.29. The lowest BCUT2D eigenvalue weighted by Gasteiger charge is -2.02. The van der Waals surface area contributed by atoms with Crippen LogP contribution in [0.15, 0.2) is 108 Å². The number of aromatic nitrogens is 5. The first kappa shape index (κ1) is 22.2. The van der Waals surface area contributed by atoms with E-state index >= 15 is 0 Å². The lowest BCUT2D eigenvalue weighted by molar-refractivity contribution is 0.589. The van der Waals surface area contributed by atoms with Crippen molar-refractivity contribution in [1.82, 2.24) is 25.0 Å². The van der Waals surface area contributed by atoms with E-state index in [-0.39, 0.29) is 0 Å². The first-order valence-corrected chi connectivity index (χ1v) is 11.9. The van der Waals surface area contributed by atoms with E-state index in [1.165, 1.54) is 0 Å². The van der Waals surface area contributed by atoms with Crippen LogP contribution in [0, 0.1) is 0 Å². The van der Waals surface area contributed by atoms with Gasteiger partial charge in [-0.05, 0) is 72.8 Å². The average molecular weight is 510 g/mol. The van der Waals surface area contributed by atoms with Crippen LogP contribution in [0.5, 0.6) is 0 Å². The predicted molar refractivity (Wildman–Crippen MR) is 141 cm³/mol. The molecule has 0 atom stereocenters. The SMILES string of the molecule is Clc1ccc(-c2nc(-c3ccc(-n4cc(-c5cccnc5)nn4)cc3)oc2-c2ccc(Cl)cc2)cc1. The predicted octanol–water partition coefficient (Wildman–Crippen LogP) is 7.63. The van der Waals surface area contributed by atoms with Gasteiger partial charge in [-0.3, -0.25) is 4.98 Å². The minimum Gasteiger partial charge on any atom is -0.435 e. The van der Waals surface area contributed by atoms with Crippen molar-refractivity contribution in [3.05, 3.63) is 114 Å². The van der Waals surface area contributed by atoms with E-state index in [4.69, 9.17) is 32.6 Å². The summed E-state index contributed by atoms with van der Waals surface area (Å²) in [6, 6.07) is 26.6. The molecule has 6 nitrogen and oxygen atoms in total. The van der Waals surface area contributed by atoms with Gasteiger partial charge in [0.15, 0.2) is 5.76 Å². The third-order valence-electron chi connectivity index (χ3n) is 5.68. The van der Waals surface area contributed by atoms with Gasteiger partial charge in [0.25, 0.3) is 0 Å². The van der Waals surface area contributed by atoms with Crippen molar-refractivity contribution in [2.24, 2.45) is 0 Å².